The van der Waals surface area contributed by atoms with E-state index < -0.39 is 9.05 Å². The standard InChI is InChI=1S/C11H11ClIN3O2S/c1-7(2)16-10(8-3-5-9(13)6-4-8)14-15-11(16)19(12,17)18/h3-7H,1-2H3. The molecule has 0 fully saturated rings. The predicted octanol–water partition coefficient (Wildman–Crippen LogP) is 3.06. The van der Waals surface area contributed by atoms with Gasteiger partial charge in [0.15, 0.2) is 5.82 Å². The molecule has 2 rings (SSSR count). The first-order valence-electron chi connectivity index (χ1n) is 5.46. The monoisotopic (exact) mass is 411 g/mol. The highest BCUT2D eigenvalue weighted by Gasteiger charge is 2.24. The number of hydrogen-bond acceptors (Lipinski definition) is 4. The Balaban J connectivity index is 2.65. The van der Waals surface area contributed by atoms with Gasteiger partial charge >= 0.3 is 0 Å². The van der Waals surface area contributed by atoms with Gasteiger partial charge in [0.1, 0.15) is 0 Å². The van der Waals surface area contributed by atoms with Crippen molar-refractivity contribution >= 4 is 42.3 Å². The Bertz CT molecular complexity index is 695. The molecule has 102 valence electrons. The van der Waals surface area contributed by atoms with Gasteiger partial charge in [0.25, 0.3) is 14.2 Å². The first kappa shape index (κ1) is 14.7. The molecular weight excluding hydrogens is 401 g/mol. The highest BCUT2D eigenvalue weighted by Crippen LogP contribution is 2.26. The zero-order chi connectivity index (χ0) is 14.2. The lowest BCUT2D eigenvalue weighted by Crippen LogP contribution is -2.10. The Morgan fingerprint density at radius 3 is 2.26 bits per heavy atom. The van der Waals surface area contributed by atoms with Gasteiger partial charge in [0.05, 0.1) is 0 Å². The average molecular weight is 412 g/mol. The number of hydrogen-bond donors (Lipinski definition) is 0. The van der Waals surface area contributed by atoms with Gasteiger partial charge < -0.3 is 0 Å². The Kier molecular flexibility index (Phi) is 4.17. The molecule has 19 heavy (non-hydrogen) atoms. The van der Waals surface area contributed by atoms with E-state index in [9.17, 15) is 8.42 Å². The molecule has 1 aromatic heterocycles. The molecule has 0 aliphatic rings. The topological polar surface area (TPSA) is 64.8 Å². The van der Waals surface area contributed by atoms with Crippen molar-refractivity contribution in [2.24, 2.45) is 0 Å². The van der Waals surface area contributed by atoms with Crippen LogP contribution in [0.4, 0.5) is 0 Å². The summed E-state index contributed by atoms with van der Waals surface area (Å²) < 4.78 is 25.6. The van der Waals surface area contributed by atoms with Gasteiger partial charge in [-0.2, -0.15) is 0 Å². The van der Waals surface area contributed by atoms with E-state index in [-0.39, 0.29) is 11.2 Å². The molecule has 0 unspecified atom stereocenters. The zero-order valence-electron chi connectivity index (χ0n) is 10.2. The summed E-state index contributed by atoms with van der Waals surface area (Å²) in [5, 5.41) is 7.42. The maximum absolute atomic E-state index is 11.5. The summed E-state index contributed by atoms with van der Waals surface area (Å²) in [4.78, 5) is 0. The molecule has 0 saturated carbocycles. The van der Waals surface area contributed by atoms with E-state index in [4.69, 9.17) is 10.7 Å². The van der Waals surface area contributed by atoms with Crippen molar-refractivity contribution in [1.82, 2.24) is 14.8 Å². The van der Waals surface area contributed by atoms with Crippen molar-refractivity contribution in [3.8, 4) is 11.4 Å². The number of halogens is 2. The number of aromatic nitrogens is 3. The normalized spacial score (nSPS) is 12.1. The number of nitrogens with zero attached hydrogens (tertiary/aromatic N) is 3. The fourth-order valence-electron chi connectivity index (χ4n) is 1.70. The van der Waals surface area contributed by atoms with Crippen LogP contribution in [0, 0.1) is 3.57 Å². The fraction of sp³-hybridized carbons (Fsp3) is 0.273. The second-order valence-electron chi connectivity index (χ2n) is 4.21. The summed E-state index contributed by atoms with van der Waals surface area (Å²) in [5.74, 6) is 0.491. The quantitative estimate of drug-likeness (QED) is 0.575. The van der Waals surface area contributed by atoms with Crippen LogP contribution in [0.2, 0.25) is 0 Å². The smallest absolute Gasteiger partial charge is 0.294 e. The minimum absolute atomic E-state index is 0.118. The Morgan fingerprint density at radius 1 is 1.21 bits per heavy atom. The maximum Gasteiger partial charge on any atom is 0.296 e. The van der Waals surface area contributed by atoms with Crippen LogP contribution in [0.15, 0.2) is 29.4 Å². The molecule has 2 aromatic rings. The summed E-state index contributed by atoms with van der Waals surface area (Å²) in [6.45, 7) is 3.70. The van der Waals surface area contributed by atoms with Crippen LogP contribution in [0.5, 0.6) is 0 Å². The van der Waals surface area contributed by atoms with E-state index in [1.54, 1.807) is 0 Å². The lowest BCUT2D eigenvalue weighted by Gasteiger charge is -2.12. The lowest BCUT2D eigenvalue weighted by molar-refractivity contribution is 0.530. The summed E-state index contributed by atoms with van der Waals surface area (Å²) in [7, 11) is 1.47. The number of benzene rings is 1. The van der Waals surface area contributed by atoms with E-state index in [1.165, 1.54) is 4.57 Å². The van der Waals surface area contributed by atoms with Crippen LogP contribution < -0.4 is 0 Å². The summed E-state index contributed by atoms with van der Waals surface area (Å²) in [6.07, 6.45) is 0. The van der Waals surface area contributed by atoms with E-state index in [1.807, 2.05) is 38.1 Å². The molecule has 5 nitrogen and oxygen atoms in total. The first-order chi connectivity index (χ1) is 8.80. The van der Waals surface area contributed by atoms with E-state index in [2.05, 4.69) is 32.8 Å². The van der Waals surface area contributed by atoms with Gasteiger partial charge in [0, 0.05) is 25.9 Å². The van der Waals surface area contributed by atoms with Crippen molar-refractivity contribution in [3.05, 3.63) is 27.8 Å². The summed E-state index contributed by atoms with van der Waals surface area (Å²) in [5.41, 5.74) is 0.799. The molecule has 0 N–H and O–H groups in total. The lowest BCUT2D eigenvalue weighted by atomic mass is 10.2. The largest absolute Gasteiger partial charge is 0.296 e. The molecule has 1 aromatic carbocycles. The molecule has 0 saturated heterocycles. The third-order valence-corrected chi connectivity index (χ3v) is 4.35. The minimum Gasteiger partial charge on any atom is -0.294 e. The van der Waals surface area contributed by atoms with Gasteiger partial charge in [-0.1, -0.05) is 12.1 Å². The van der Waals surface area contributed by atoms with Gasteiger partial charge in [0.2, 0.25) is 0 Å². The third kappa shape index (κ3) is 3.09. The van der Waals surface area contributed by atoms with Crippen molar-refractivity contribution in [3.63, 3.8) is 0 Å². The van der Waals surface area contributed by atoms with Crippen LogP contribution in [0.25, 0.3) is 11.4 Å². The van der Waals surface area contributed by atoms with Crippen LogP contribution in [-0.2, 0) is 9.05 Å². The Morgan fingerprint density at radius 2 is 1.79 bits per heavy atom. The minimum atomic E-state index is -3.91. The highest BCUT2D eigenvalue weighted by molar-refractivity contribution is 14.1. The van der Waals surface area contributed by atoms with Gasteiger partial charge in [-0.15, -0.1) is 10.2 Å². The average Bonchev–Trinajstić information content (AvgIpc) is 2.74. The maximum atomic E-state index is 11.5. The van der Waals surface area contributed by atoms with Crippen LogP contribution >= 0.6 is 33.3 Å². The van der Waals surface area contributed by atoms with Crippen molar-refractivity contribution in [2.75, 3.05) is 0 Å². The molecule has 1 heterocycles. The van der Waals surface area contributed by atoms with Crippen molar-refractivity contribution < 1.29 is 8.42 Å². The molecule has 0 spiro atoms. The van der Waals surface area contributed by atoms with E-state index in [0.29, 0.717) is 5.82 Å². The molecule has 0 aliphatic heterocycles. The van der Waals surface area contributed by atoms with Crippen molar-refractivity contribution in [2.45, 2.75) is 25.0 Å². The summed E-state index contributed by atoms with van der Waals surface area (Å²) in [6, 6.07) is 7.46. The van der Waals surface area contributed by atoms with E-state index in [0.717, 1.165) is 9.13 Å². The molecule has 0 radical (unpaired) electrons. The Labute approximate surface area is 129 Å². The van der Waals surface area contributed by atoms with Gasteiger partial charge in [-0.05, 0) is 48.6 Å². The molecule has 0 atom stereocenters. The molecule has 0 amide bonds. The predicted molar refractivity (Wildman–Crippen MR) is 81.6 cm³/mol. The third-order valence-electron chi connectivity index (χ3n) is 2.50. The second-order valence-corrected chi connectivity index (χ2v) is 7.92. The highest BCUT2D eigenvalue weighted by atomic mass is 127. The van der Waals surface area contributed by atoms with Crippen LogP contribution in [0.3, 0.4) is 0 Å². The number of rotatable bonds is 3. The zero-order valence-corrected chi connectivity index (χ0v) is 13.9. The van der Waals surface area contributed by atoms with Gasteiger partial charge in [-0.3, -0.25) is 4.57 Å². The van der Waals surface area contributed by atoms with Gasteiger partial charge in [-0.25, -0.2) is 8.42 Å². The SMILES string of the molecule is CC(C)n1c(-c2ccc(I)cc2)nnc1S(=O)(=O)Cl. The fourth-order valence-corrected chi connectivity index (χ4v) is 3.05. The van der Waals surface area contributed by atoms with Crippen molar-refractivity contribution in [1.29, 1.82) is 0 Å². The molecule has 0 bridgehead atoms. The molecular formula is C11H11ClIN3O2S. The second kappa shape index (κ2) is 5.37. The Hall–Kier alpha value is -0.670. The first-order valence-corrected chi connectivity index (χ1v) is 8.85. The van der Waals surface area contributed by atoms with Crippen LogP contribution in [-0.4, -0.2) is 23.2 Å². The summed E-state index contributed by atoms with van der Waals surface area (Å²) >= 11 is 2.20. The molecule has 8 heteroatoms. The van der Waals surface area contributed by atoms with Crippen LogP contribution in [0.1, 0.15) is 19.9 Å². The van der Waals surface area contributed by atoms with E-state index >= 15 is 0 Å². The molecule has 0 aliphatic carbocycles.